The number of alkyl carbamates (subject to hydrolysis) is 1. The molecule has 2 rings (SSSR count). The van der Waals surface area contributed by atoms with Crippen LogP contribution in [0.1, 0.15) is 29.7 Å². The van der Waals surface area contributed by atoms with Crippen LogP contribution in [-0.4, -0.2) is 54.1 Å². The van der Waals surface area contributed by atoms with Crippen LogP contribution in [0.25, 0.3) is 6.08 Å². The van der Waals surface area contributed by atoms with E-state index in [0.717, 1.165) is 5.56 Å². The predicted octanol–water partition coefficient (Wildman–Crippen LogP) is 2.09. The van der Waals surface area contributed by atoms with Crippen LogP contribution in [-0.2, 0) is 16.0 Å². The monoisotopic (exact) mass is 435 g/mol. The van der Waals surface area contributed by atoms with Crippen molar-refractivity contribution in [2.24, 2.45) is 0 Å². The Morgan fingerprint density at radius 1 is 1.19 bits per heavy atom. The van der Waals surface area contributed by atoms with Gasteiger partial charge in [-0.1, -0.05) is 48.5 Å². The first-order valence-electron chi connectivity index (χ1n) is 10.0. The lowest BCUT2D eigenvalue weighted by Gasteiger charge is -2.20. The normalized spacial score (nSPS) is 12.8. The largest absolute Gasteiger partial charge is 0.475 e. The van der Waals surface area contributed by atoms with Crippen molar-refractivity contribution in [3.63, 3.8) is 0 Å². The van der Waals surface area contributed by atoms with Crippen LogP contribution < -0.4 is 5.32 Å². The number of amides is 2. The summed E-state index contributed by atoms with van der Waals surface area (Å²) in [4.78, 5) is 25.7. The molecule has 9 heteroatoms. The number of ether oxygens (including phenoxy) is 1. The second kappa shape index (κ2) is 11.7. The third-order valence-corrected chi connectivity index (χ3v) is 4.69. The first-order valence-corrected chi connectivity index (χ1v) is 10.0. The molecule has 2 aromatic carbocycles. The first kappa shape index (κ1) is 24.7. The molecule has 0 aliphatic carbocycles. The molecule has 8 nitrogen and oxygen atoms in total. The van der Waals surface area contributed by atoms with Crippen molar-refractivity contribution in [3.8, 4) is 6.07 Å². The molecule has 3 N–H and O–H groups in total. The van der Waals surface area contributed by atoms with Crippen LogP contribution in [0.3, 0.4) is 0 Å². The number of nitriles is 1. The van der Waals surface area contributed by atoms with Crippen molar-refractivity contribution in [2.75, 3.05) is 14.1 Å². The maximum Gasteiger partial charge on any atom is 0.475 e. The van der Waals surface area contributed by atoms with E-state index >= 15 is 0 Å². The maximum atomic E-state index is 12.3. The zero-order chi connectivity index (χ0) is 23.7. The van der Waals surface area contributed by atoms with Gasteiger partial charge in [0.1, 0.15) is 17.7 Å². The summed E-state index contributed by atoms with van der Waals surface area (Å²) >= 11 is 0. The average Bonchev–Trinajstić information content (AvgIpc) is 2.77. The number of carbonyl (C=O) groups is 2. The van der Waals surface area contributed by atoms with Crippen molar-refractivity contribution >= 4 is 25.2 Å². The molecule has 32 heavy (non-hydrogen) atoms. The molecular weight excluding hydrogens is 409 g/mol. The van der Waals surface area contributed by atoms with E-state index in [1.165, 1.54) is 11.0 Å². The summed E-state index contributed by atoms with van der Waals surface area (Å²) in [7, 11) is 1.37. The van der Waals surface area contributed by atoms with Gasteiger partial charge in [-0.05, 0) is 42.2 Å². The van der Waals surface area contributed by atoms with Crippen LogP contribution in [0.2, 0.25) is 0 Å². The fourth-order valence-electron chi connectivity index (χ4n) is 2.96. The minimum atomic E-state index is -1.76. The second-order valence-corrected chi connectivity index (χ2v) is 7.44. The highest BCUT2D eigenvalue weighted by molar-refractivity contribution is 6.43. The van der Waals surface area contributed by atoms with Crippen molar-refractivity contribution in [1.29, 1.82) is 5.26 Å². The molecule has 0 aliphatic rings. The van der Waals surface area contributed by atoms with Gasteiger partial charge in [0.05, 0.1) is 5.94 Å². The molecule has 0 bridgehead atoms. The zero-order valence-corrected chi connectivity index (χ0v) is 18.2. The van der Waals surface area contributed by atoms with E-state index in [2.05, 4.69) is 5.32 Å². The number of likely N-dealkylation sites (N-methyl/N-ethyl adjacent to an activating group) is 1. The molecule has 0 fully saturated rings. The third kappa shape index (κ3) is 7.27. The van der Waals surface area contributed by atoms with E-state index in [1.54, 1.807) is 45.3 Å². The smallest absolute Gasteiger partial charge is 0.442 e. The summed E-state index contributed by atoms with van der Waals surface area (Å²) in [6, 6.07) is 17.9. The molecule has 0 aromatic heterocycles. The Labute approximate surface area is 187 Å². The molecule has 0 radical (unpaired) electrons. The lowest BCUT2D eigenvalue weighted by Crippen LogP contribution is -2.48. The number of nitrogens with one attached hydrogen (secondary N) is 1. The number of benzene rings is 2. The summed E-state index contributed by atoms with van der Waals surface area (Å²) in [5, 5.41) is 31.0. The summed E-state index contributed by atoms with van der Waals surface area (Å²) in [5.41, 5.74) is 2.07. The lowest BCUT2D eigenvalue weighted by molar-refractivity contribution is -0.124. The third-order valence-electron chi connectivity index (χ3n) is 4.69. The molecule has 0 heterocycles. The van der Waals surface area contributed by atoms with Crippen LogP contribution in [0.4, 0.5) is 4.79 Å². The Balaban J connectivity index is 2.07. The van der Waals surface area contributed by atoms with Crippen LogP contribution in [0.5, 0.6) is 0 Å². The first-order chi connectivity index (χ1) is 15.2. The fraction of sp³-hybridized carbons (Fsp3) is 0.261. The van der Waals surface area contributed by atoms with Gasteiger partial charge in [-0.25, -0.2) is 4.79 Å². The summed E-state index contributed by atoms with van der Waals surface area (Å²) in [5.74, 6) is -1.35. The quantitative estimate of drug-likeness (QED) is 0.332. The second-order valence-electron chi connectivity index (χ2n) is 7.44. The Morgan fingerprint density at radius 2 is 1.88 bits per heavy atom. The maximum absolute atomic E-state index is 12.3. The minimum absolute atomic E-state index is 0.0147. The summed E-state index contributed by atoms with van der Waals surface area (Å²) < 4.78 is 5.39. The van der Waals surface area contributed by atoms with Gasteiger partial charge in [-0.3, -0.25) is 4.79 Å². The number of nitrogens with zero attached hydrogens (tertiary/aromatic N) is 2. The average molecular weight is 435 g/mol. The van der Waals surface area contributed by atoms with E-state index in [0.29, 0.717) is 11.1 Å². The van der Waals surface area contributed by atoms with Crippen LogP contribution in [0, 0.1) is 11.3 Å². The molecule has 0 saturated carbocycles. The van der Waals surface area contributed by atoms with Gasteiger partial charge in [-0.2, -0.15) is 5.26 Å². The molecule has 166 valence electrons. The van der Waals surface area contributed by atoms with Crippen molar-refractivity contribution < 1.29 is 24.4 Å². The number of hydrogen-bond donors (Lipinski definition) is 3. The summed E-state index contributed by atoms with van der Waals surface area (Å²) in [6.45, 7) is 1.67. The van der Waals surface area contributed by atoms with Crippen LogP contribution in [0.15, 0.2) is 60.2 Å². The van der Waals surface area contributed by atoms with Gasteiger partial charge in [-0.15, -0.1) is 0 Å². The van der Waals surface area contributed by atoms with Crippen molar-refractivity contribution in [3.05, 3.63) is 76.9 Å². The van der Waals surface area contributed by atoms with E-state index in [1.807, 2.05) is 36.4 Å². The van der Waals surface area contributed by atoms with E-state index < -0.39 is 31.2 Å². The van der Waals surface area contributed by atoms with E-state index in [-0.39, 0.29) is 12.0 Å². The minimum Gasteiger partial charge on any atom is -0.442 e. The standard InChI is InChI=1S/C23H26BN3O5/c1-16(19-11-7-10-18(12-19)13-20(15-25)22(28)27(2)3)32-23(29)26-21(24(30)31)14-17-8-5-4-6-9-17/h4-13,16,21,30-31H,14H2,1-3H3,(H,26,29). The fourth-order valence-corrected chi connectivity index (χ4v) is 2.96. The molecule has 2 amide bonds. The Kier molecular flexibility index (Phi) is 9.01. The highest BCUT2D eigenvalue weighted by Crippen LogP contribution is 2.20. The molecule has 0 spiro atoms. The number of hydrogen-bond acceptors (Lipinski definition) is 6. The van der Waals surface area contributed by atoms with Crippen LogP contribution >= 0.6 is 0 Å². The van der Waals surface area contributed by atoms with Crippen molar-refractivity contribution in [2.45, 2.75) is 25.4 Å². The van der Waals surface area contributed by atoms with Gasteiger partial charge < -0.3 is 25.0 Å². The molecule has 0 aliphatic heterocycles. The molecule has 2 aromatic rings. The topological polar surface area (TPSA) is 123 Å². The van der Waals surface area contributed by atoms with Crippen molar-refractivity contribution in [1.82, 2.24) is 10.2 Å². The Bertz CT molecular complexity index is 1000. The van der Waals surface area contributed by atoms with Gasteiger partial charge >= 0.3 is 13.2 Å². The molecular formula is C23H26BN3O5. The van der Waals surface area contributed by atoms with Gasteiger partial charge in [0.2, 0.25) is 0 Å². The SMILES string of the molecule is CC(OC(=O)NC(Cc1ccccc1)B(O)O)c1cccc(C=C(C#N)C(=O)N(C)C)c1. The number of carbonyl (C=O) groups excluding carboxylic acids is 2. The highest BCUT2D eigenvalue weighted by atomic mass is 16.6. The molecule has 2 atom stereocenters. The van der Waals surface area contributed by atoms with Gasteiger partial charge in [0.25, 0.3) is 5.91 Å². The Hall–Kier alpha value is -3.61. The summed E-state index contributed by atoms with van der Waals surface area (Å²) in [6.07, 6.45) is 0.232. The number of rotatable bonds is 8. The Morgan fingerprint density at radius 3 is 2.47 bits per heavy atom. The predicted molar refractivity (Wildman–Crippen MR) is 121 cm³/mol. The highest BCUT2D eigenvalue weighted by Gasteiger charge is 2.27. The van der Waals surface area contributed by atoms with Gasteiger partial charge in [0.15, 0.2) is 0 Å². The van der Waals surface area contributed by atoms with E-state index in [4.69, 9.17) is 4.74 Å². The molecule has 2 unspecified atom stereocenters. The van der Waals surface area contributed by atoms with Gasteiger partial charge in [0, 0.05) is 14.1 Å². The van der Waals surface area contributed by atoms with E-state index in [9.17, 15) is 24.9 Å². The molecule has 0 saturated heterocycles. The lowest BCUT2D eigenvalue weighted by atomic mass is 9.76. The zero-order valence-electron chi connectivity index (χ0n) is 18.2.